The van der Waals surface area contributed by atoms with Crippen LogP contribution in [0.2, 0.25) is 25.7 Å². The van der Waals surface area contributed by atoms with Gasteiger partial charge in [0.05, 0.1) is 11.7 Å². The van der Waals surface area contributed by atoms with Crippen LogP contribution in [0.5, 0.6) is 11.6 Å². The molecule has 8 nitrogen and oxygen atoms in total. The van der Waals surface area contributed by atoms with E-state index in [0.29, 0.717) is 41.8 Å². The zero-order valence-electron chi connectivity index (χ0n) is 22.3. The van der Waals surface area contributed by atoms with Crippen molar-refractivity contribution in [1.82, 2.24) is 19.5 Å². The van der Waals surface area contributed by atoms with Crippen LogP contribution in [0.1, 0.15) is 0 Å². The lowest BCUT2D eigenvalue weighted by atomic mass is 10.1. The summed E-state index contributed by atoms with van der Waals surface area (Å²) in [5, 5.41) is 3.78. The van der Waals surface area contributed by atoms with Gasteiger partial charge in [0.2, 0.25) is 11.8 Å². The maximum absolute atomic E-state index is 11.7. The highest BCUT2D eigenvalue weighted by Gasteiger charge is 2.17. The number of hydrogen-bond acceptors (Lipinski definition) is 6. The van der Waals surface area contributed by atoms with Crippen LogP contribution in [-0.4, -0.2) is 40.1 Å². The number of rotatable bonds is 10. The molecule has 0 aliphatic carbocycles. The van der Waals surface area contributed by atoms with Crippen molar-refractivity contribution in [2.24, 2.45) is 0 Å². The molecule has 198 valence electrons. The van der Waals surface area contributed by atoms with Gasteiger partial charge in [-0.2, -0.15) is 0 Å². The van der Waals surface area contributed by atoms with Gasteiger partial charge in [-0.3, -0.25) is 9.78 Å². The van der Waals surface area contributed by atoms with Gasteiger partial charge in [-0.1, -0.05) is 44.4 Å². The summed E-state index contributed by atoms with van der Waals surface area (Å²) in [5.41, 5.74) is 4.87. The first-order valence-electron chi connectivity index (χ1n) is 12.8. The van der Waals surface area contributed by atoms with E-state index < -0.39 is 8.07 Å². The van der Waals surface area contributed by atoms with Gasteiger partial charge in [-0.15, -0.1) is 0 Å². The average molecular weight is 538 g/mol. The molecule has 3 aromatic heterocycles. The number of nitrogens with one attached hydrogen (secondary N) is 1. The van der Waals surface area contributed by atoms with Crippen LogP contribution in [0, 0.1) is 0 Å². The molecule has 0 aliphatic rings. The molecule has 0 atom stereocenters. The first-order chi connectivity index (χ1) is 18.8. The second-order valence-electron chi connectivity index (χ2n) is 10.5. The molecule has 5 aromatic rings. The number of carbonyl (C=O) groups is 1. The Morgan fingerprint density at radius 3 is 2.79 bits per heavy atom. The number of carbonyl (C=O) groups excluding carboxylic acids is 1. The highest BCUT2D eigenvalue weighted by atomic mass is 28.3. The molecule has 0 bridgehead atoms. The lowest BCUT2D eigenvalue weighted by Crippen LogP contribution is -2.22. The van der Waals surface area contributed by atoms with E-state index in [2.05, 4.69) is 42.6 Å². The highest BCUT2D eigenvalue weighted by Crippen LogP contribution is 2.32. The summed E-state index contributed by atoms with van der Waals surface area (Å²) >= 11 is 0. The Bertz CT molecular complexity index is 1660. The van der Waals surface area contributed by atoms with Crippen molar-refractivity contribution in [3.63, 3.8) is 0 Å². The number of hydrogen-bond donors (Lipinski definition) is 1. The zero-order valence-corrected chi connectivity index (χ0v) is 23.3. The van der Waals surface area contributed by atoms with E-state index >= 15 is 0 Å². The number of amides is 1. The first-order valence-corrected chi connectivity index (χ1v) is 16.5. The maximum Gasteiger partial charge on any atom is 0.247 e. The molecule has 0 radical (unpaired) electrons. The molecule has 9 heteroatoms. The third kappa shape index (κ3) is 6.39. The molecule has 0 spiro atoms. The minimum atomic E-state index is -1.20. The van der Waals surface area contributed by atoms with E-state index in [4.69, 9.17) is 19.4 Å². The monoisotopic (exact) mass is 537 g/mol. The van der Waals surface area contributed by atoms with Crippen LogP contribution in [0.4, 0.5) is 5.69 Å². The summed E-state index contributed by atoms with van der Waals surface area (Å²) in [6.07, 6.45) is 6.64. The lowest BCUT2D eigenvalue weighted by Gasteiger charge is -2.15. The molecule has 0 unspecified atom stereocenters. The number of anilines is 1. The quantitative estimate of drug-likeness (QED) is 0.119. The van der Waals surface area contributed by atoms with E-state index in [9.17, 15) is 4.79 Å². The van der Waals surface area contributed by atoms with Crippen molar-refractivity contribution < 1.29 is 14.3 Å². The molecule has 5 rings (SSSR count). The smallest absolute Gasteiger partial charge is 0.247 e. The molecule has 0 aliphatic heterocycles. The second-order valence-corrected chi connectivity index (χ2v) is 16.1. The molecule has 0 saturated carbocycles. The summed E-state index contributed by atoms with van der Waals surface area (Å²) < 4.78 is 14.1. The Labute approximate surface area is 228 Å². The second kappa shape index (κ2) is 11.2. The molecule has 1 N–H and O–H groups in total. The minimum absolute atomic E-state index is 0.294. The molecular weight excluding hydrogens is 506 g/mol. The van der Waals surface area contributed by atoms with Crippen molar-refractivity contribution >= 4 is 41.7 Å². The minimum Gasteiger partial charge on any atom is -0.437 e. The first kappa shape index (κ1) is 26.3. The van der Waals surface area contributed by atoms with Gasteiger partial charge in [0.15, 0.2) is 5.65 Å². The molecular formula is C30H31N5O3Si. The topological polar surface area (TPSA) is 91.2 Å². The summed E-state index contributed by atoms with van der Waals surface area (Å²) in [6, 6.07) is 18.3. The molecule has 0 saturated heterocycles. The molecule has 3 heterocycles. The SMILES string of the molecule is C=CC(=O)Nc1cccc(Oc2cnc3c(n2)c(-c2ccc4ncccc4c2)cn3COCC[Si](C)(C)C)c1. The van der Waals surface area contributed by atoms with Crippen molar-refractivity contribution in [1.29, 1.82) is 0 Å². The summed E-state index contributed by atoms with van der Waals surface area (Å²) in [5.74, 6) is 0.575. The Morgan fingerprint density at radius 1 is 1.10 bits per heavy atom. The lowest BCUT2D eigenvalue weighted by molar-refractivity contribution is -0.111. The standard InChI is InChI=1S/C30H31N5O3Si/c1-5-27(36)33-23-9-6-10-24(17-23)38-28-18-32-30-29(34-28)25(19-35(30)20-37-14-15-39(2,3)4)21-11-12-26-22(16-21)8-7-13-31-26/h5-13,16-19H,1,14-15,20H2,2-4H3,(H,33,36). The van der Waals surface area contributed by atoms with Crippen molar-refractivity contribution in [2.45, 2.75) is 32.4 Å². The van der Waals surface area contributed by atoms with Gasteiger partial charge >= 0.3 is 0 Å². The number of pyridine rings is 1. The maximum atomic E-state index is 11.7. The Balaban J connectivity index is 1.49. The van der Waals surface area contributed by atoms with Gasteiger partial charge in [-0.05, 0) is 48.0 Å². The third-order valence-electron chi connectivity index (χ3n) is 6.19. The van der Waals surface area contributed by atoms with E-state index in [-0.39, 0.29) is 5.91 Å². The van der Waals surface area contributed by atoms with Crippen LogP contribution >= 0.6 is 0 Å². The van der Waals surface area contributed by atoms with E-state index in [1.54, 1.807) is 36.7 Å². The number of aromatic nitrogens is 4. The van der Waals surface area contributed by atoms with Crippen molar-refractivity contribution in [3.8, 4) is 22.8 Å². The predicted octanol–water partition coefficient (Wildman–Crippen LogP) is 6.88. The van der Waals surface area contributed by atoms with Gasteiger partial charge in [-0.25, -0.2) is 9.97 Å². The van der Waals surface area contributed by atoms with Crippen LogP contribution < -0.4 is 10.1 Å². The molecule has 0 fully saturated rings. The number of fused-ring (bicyclic) bond motifs is 2. The zero-order chi connectivity index (χ0) is 27.4. The van der Waals surface area contributed by atoms with E-state index in [0.717, 1.165) is 28.1 Å². The summed E-state index contributed by atoms with van der Waals surface area (Å²) in [7, 11) is -1.20. The van der Waals surface area contributed by atoms with E-state index in [1.165, 1.54) is 6.08 Å². The van der Waals surface area contributed by atoms with Gasteiger partial charge < -0.3 is 19.4 Å². The Kier molecular flexibility index (Phi) is 7.53. The Hall–Kier alpha value is -4.34. The fourth-order valence-electron chi connectivity index (χ4n) is 4.13. The third-order valence-corrected chi connectivity index (χ3v) is 7.90. The number of ether oxygens (including phenoxy) is 2. The fraction of sp³-hybridized carbons (Fsp3) is 0.200. The van der Waals surface area contributed by atoms with Gasteiger partial charge in [0.1, 0.15) is 18.0 Å². The molecule has 39 heavy (non-hydrogen) atoms. The number of benzene rings is 2. The number of nitrogens with zero attached hydrogens (tertiary/aromatic N) is 4. The summed E-state index contributed by atoms with van der Waals surface area (Å²) in [4.78, 5) is 25.7. The average Bonchev–Trinajstić information content (AvgIpc) is 3.28. The van der Waals surface area contributed by atoms with E-state index in [1.807, 2.05) is 35.0 Å². The largest absolute Gasteiger partial charge is 0.437 e. The van der Waals surface area contributed by atoms with Crippen LogP contribution in [0.15, 0.2) is 85.8 Å². The highest BCUT2D eigenvalue weighted by molar-refractivity contribution is 6.76. The van der Waals surface area contributed by atoms with Crippen LogP contribution in [0.3, 0.4) is 0 Å². The normalized spacial score (nSPS) is 11.6. The van der Waals surface area contributed by atoms with Crippen molar-refractivity contribution in [2.75, 3.05) is 11.9 Å². The Morgan fingerprint density at radius 2 is 1.97 bits per heavy atom. The van der Waals surface area contributed by atoms with Crippen LogP contribution in [-0.2, 0) is 16.3 Å². The summed E-state index contributed by atoms with van der Waals surface area (Å²) in [6.45, 7) is 11.6. The fourth-order valence-corrected chi connectivity index (χ4v) is 4.89. The van der Waals surface area contributed by atoms with Crippen LogP contribution in [0.25, 0.3) is 33.2 Å². The van der Waals surface area contributed by atoms with Crippen molar-refractivity contribution in [3.05, 3.63) is 85.8 Å². The van der Waals surface area contributed by atoms with Gasteiger partial charge in [0.25, 0.3) is 0 Å². The predicted molar refractivity (Wildman–Crippen MR) is 158 cm³/mol. The van der Waals surface area contributed by atoms with Gasteiger partial charge in [0, 0.05) is 49.8 Å². The molecule has 2 aromatic carbocycles. The molecule has 1 amide bonds.